The molecule has 0 spiro atoms. The van der Waals surface area contributed by atoms with Crippen LogP contribution in [0.4, 0.5) is 0 Å². The standard InChI is InChI=1S/C11H13N3O4S/c15-11-12-9-3-2-8(6-10(9)13-11)19(16,17)14-4-1-5-18-7-14/h2-3,6H,1,4-5,7H2,(H2,12,13,15). The van der Waals surface area contributed by atoms with Gasteiger partial charge in [-0.2, -0.15) is 4.31 Å². The first-order valence-electron chi connectivity index (χ1n) is 5.87. The number of hydrogen-bond acceptors (Lipinski definition) is 4. The summed E-state index contributed by atoms with van der Waals surface area (Å²) in [4.78, 5) is 16.4. The van der Waals surface area contributed by atoms with Gasteiger partial charge < -0.3 is 14.7 Å². The van der Waals surface area contributed by atoms with E-state index in [1.807, 2.05) is 0 Å². The summed E-state index contributed by atoms with van der Waals surface area (Å²) in [6, 6.07) is 4.51. The van der Waals surface area contributed by atoms with E-state index < -0.39 is 10.0 Å². The predicted octanol–water partition coefficient (Wildman–Crippen LogP) is 0.225. The number of H-pyrrole nitrogens is 2. The van der Waals surface area contributed by atoms with Crippen molar-refractivity contribution in [3.63, 3.8) is 0 Å². The van der Waals surface area contributed by atoms with Crippen molar-refractivity contribution in [2.24, 2.45) is 0 Å². The van der Waals surface area contributed by atoms with E-state index in [2.05, 4.69) is 9.97 Å². The molecule has 2 aromatic rings. The number of imidazole rings is 1. The zero-order chi connectivity index (χ0) is 13.5. The summed E-state index contributed by atoms with van der Waals surface area (Å²) in [5, 5.41) is 0. The molecule has 1 fully saturated rings. The Bertz CT molecular complexity index is 756. The number of fused-ring (bicyclic) bond motifs is 1. The first kappa shape index (κ1) is 12.4. The maximum atomic E-state index is 12.4. The van der Waals surface area contributed by atoms with Crippen molar-refractivity contribution >= 4 is 21.1 Å². The summed E-state index contributed by atoms with van der Waals surface area (Å²) >= 11 is 0. The van der Waals surface area contributed by atoms with E-state index in [0.717, 1.165) is 0 Å². The number of nitrogens with zero attached hydrogens (tertiary/aromatic N) is 1. The topological polar surface area (TPSA) is 95.3 Å². The van der Waals surface area contributed by atoms with Crippen LogP contribution in [0.1, 0.15) is 6.42 Å². The van der Waals surface area contributed by atoms with Crippen molar-refractivity contribution in [1.29, 1.82) is 0 Å². The van der Waals surface area contributed by atoms with Crippen molar-refractivity contribution in [1.82, 2.24) is 14.3 Å². The monoisotopic (exact) mass is 283 g/mol. The summed E-state index contributed by atoms with van der Waals surface area (Å²) in [5.41, 5.74) is 0.703. The van der Waals surface area contributed by atoms with Gasteiger partial charge in [-0.25, -0.2) is 13.2 Å². The number of ether oxygens (including phenoxy) is 1. The fourth-order valence-corrected chi connectivity index (χ4v) is 3.47. The Morgan fingerprint density at radius 1 is 1.21 bits per heavy atom. The van der Waals surface area contributed by atoms with Gasteiger partial charge in [0.15, 0.2) is 0 Å². The Morgan fingerprint density at radius 3 is 2.74 bits per heavy atom. The molecule has 0 radical (unpaired) electrons. The molecule has 0 aliphatic carbocycles. The molecule has 8 heteroatoms. The van der Waals surface area contributed by atoms with Crippen molar-refractivity contribution < 1.29 is 13.2 Å². The summed E-state index contributed by atoms with van der Waals surface area (Å²) in [7, 11) is -3.57. The lowest BCUT2D eigenvalue weighted by atomic mass is 10.3. The maximum Gasteiger partial charge on any atom is 0.323 e. The Kier molecular flexibility index (Phi) is 2.92. The summed E-state index contributed by atoms with van der Waals surface area (Å²) in [6.07, 6.45) is 0.683. The van der Waals surface area contributed by atoms with E-state index in [1.165, 1.54) is 16.4 Å². The zero-order valence-corrected chi connectivity index (χ0v) is 10.9. The predicted molar refractivity (Wildman–Crippen MR) is 68.2 cm³/mol. The third kappa shape index (κ3) is 2.18. The lowest BCUT2D eigenvalue weighted by molar-refractivity contribution is 0.0313. The lowest BCUT2D eigenvalue weighted by Crippen LogP contribution is -2.38. The molecule has 2 heterocycles. The van der Waals surface area contributed by atoms with E-state index in [0.29, 0.717) is 30.6 Å². The van der Waals surface area contributed by atoms with Gasteiger partial charge in [-0.05, 0) is 24.6 Å². The van der Waals surface area contributed by atoms with E-state index in [1.54, 1.807) is 6.07 Å². The Labute approximate surface area is 109 Å². The summed E-state index contributed by atoms with van der Waals surface area (Å²) in [5.74, 6) is 0. The molecule has 1 aliphatic heterocycles. The molecule has 19 heavy (non-hydrogen) atoms. The minimum Gasteiger partial charge on any atom is -0.365 e. The van der Waals surface area contributed by atoms with Crippen LogP contribution in [-0.2, 0) is 14.8 Å². The number of aromatic amines is 2. The first-order chi connectivity index (χ1) is 9.07. The van der Waals surface area contributed by atoms with Crippen molar-refractivity contribution in [3.05, 3.63) is 28.7 Å². The third-order valence-electron chi connectivity index (χ3n) is 3.06. The quantitative estimate of drug-likeness (QED) is 0.824. The number of sulfonamides is 1. The molecule has 2 N–H and O–H groups in total. The fourth-order valence-electron chi connectivity index (χ4n) is 2.08. The smallest absolute Gasteiger partial charge is 0.323 e. The second-order valence-electron chi connectivity index (χ2n) is 4.36. The van der Waals surface area contributed by atoms with Gasteiger partial charge in [0.05, 0.1) is 15.9 Å². The van der Waals surface area contributed by atoms with Crippen LogP contribution in [0.5, 0.6) is 0 Å². The van der Waals surface area contributed by atoms with E-state index >= 15 is 0 Å². The number of aromatic nitrogens is 2. The summed E-state index contributed by atoms with van der Waals surface area (Å²) in [6.45, 7) is 1.10. The van der Waals surface area contributed by atoms with E-state index in [9.17, 15) is 13.2 Å². The minimum atomic E-state index is -3.57. The molecule has 0 bridgehead atoms. The highest BCUT2D eigenvalue weighted by molar-refractivity contribution is 7.89. The van der Waals surface area contributed by atoms with Crippen molar-refractivity contribution in [2.45, 2.75) is 11.3 Å². The Hall–Kier alpha value is -1.64. The molecule has 0 atom stereocenters. The van der Waals surface area contributed by atoms with Crippen LogP contribution >= 0.6 is 0 Å². The van der Waals surface area contributed by atoms with E-state index in [4.69, 9.17) is 4.74 Å². The highest BCUT2D eigenvalue weighted by atomic mass is 32.2. The zero-order valence-electron chi connectivity index (χ0n) is 10.0. The number of hydrogen-bond donors (Lipinski definition) is 2. The van der Waals surface area contributed by atoms with Gasteiger partial charge in [0.2, 0.25) is 10.0 Å². The molecule has 1 aromatic carbocycles. The van der Waals surface area contributed by atoms with Crippen LogP contribution in [0.15, 0.2) is 27.9 Å². The molecular formula is C11H13N3O4S. The van der Waals surface area contributed by atoms with Gasteiger partial charge in [0.25, 0.3) is 0 Å². The van der Waals surface area contributed by atoms with Crippen LogP contribution in [0, 0.1) is 0 Å². The molecule has 102 valence electrons. The number of benzene rings is 1. The Balaban J connectivity index is 2.04. The summed E-state index contributed by atoms with van der Waals surface area (Å²) < 4.78 is 31.2. The van der Waals surface area contributed by atoms with Crippen LogP contribution in [0.25, 0.3) is 11.0 Å². The SMILES string of the molecule is O=c1[nH]c2ccc(S(=O)(=O)N3CCCOC3)cc2[nH]1. The lowest BCUT2D eigenvalue weighted by Gasteiger charge is -2.25. The minimum absolute atomic E-state index is 0.0734. The highest BCUT2D eigenvalue weighted by Gasteiger charge is 2.26. The van der Waals surface area contributed by atoms with Crippen LogP contribution in [-0.4, -0.2) is 42.6 Å². The van der Waals surface area contributed by atoms with Crippen LogP contribution < -0.4 is 5.69 Å². The van der Waals surface area contributed by atoms with Gasteiger partial charge in [0, 0.05) is 13.2 Å². The average molecular weight is 283 g/mol. The molecule has 0 unspecified atom stereocenters. The first-order valence-corrected chi connectivity index (χ1v) is 7.31. The van der Waals surface area contributed by atoms with Crippen LogP contribution in [0.3, 0.4) is 0 Å². The van der Waals surface area contributed by atoms with Gasteiger partial charge in [-0.3, -0.25) is 0 Å². The number of nitrogens with one attached hydrogen (secondary N) is 2. The molecular weight excluding hydrogens is 270 g/mol. The van der Waals surface area contributed by atoms with Gasteiger partial charge in [-0.15, -0.1) is 0 Å². The van der Waals surface area contributed by atoms with Gasteiger partial charge in [-0.1, -0.05) is 0 Å². The van der Waals surface area contributed by atoms with E-state index in [-0.39, 0.29) is 17.3 Å². The molecule has 7 nitrogen and oxygen atoms in total. The highest BCUT2D eigenvalue weighted by Crippen LogP contribution is 2.20. The second kappa shape index (κ2) is 4.48. The molecule has 0 saturated carbocycles. The molecule has 1 aromatic heterocycles. The fraction of sp³-hybridized carbons (Fsp3) is 0.364. The van der Waals surface area contributed by atoms with Gasteiger partial charge in [0.1, 0.15) is 6.73 Å². The largest absolute Gasteiger partial charge is 0.365 e. The third-order valence-corrected chi connectivity index (χ3v) is 4.87. The van der Waals surface area contributed by atoms with Crippen molar-refractivity contribution in [2.75, 3.05) is 19.9 Å². The van der Waals surface area contributed by atoms with Crippen molar-refractivity contribution in [3.8, 4) is 0 Å². The van der Waals surface area contributed by atoms with Gasteiger partial charge >= 0.3 is 5.69 Å². The molecule has 1 aliphatic rings. The normalized spacial score (nSPS) is 17.9. The number of rotatable bonds is 2. The molecule has 1 saturated heterocycles. The molecule has 3 rings (SSSR count). The maximum absolute atomic E-state index is 12.4. The second-order valence-corrected chi connectivity index (χ2v) is 6.30. The average Bonchev–Trinajstić information content (AvgIpc) is 2.78. The molecule has 0 amide bonds. The van der Waals surface area contributed by atoms with Crippen LogP contribution in [0.2, 0.25) is 0 Å². The Morgan fingerprint density at radius 2 is 2.00 bits per heavy atom.